The van der Waals surface area contributed by atoms with Crippen molar-refractivity contribution in [2.24, 2.45) is 11.5 Å². The van der Waals surface area contributed by atoms with Crippen LogP contribution in [-0.2, 0) is 4.74 Å². The molecule has 0 spiro atoms. The van der Waals surface area contributed by atoms with E-state index in [-0.39, 0.29) is 25.7 Å². The predicted molar refractivity (Wildman–Crippen MR) is 61.0 cm³/mol. The fourth-order valence-electron chi connectivity index (χ4n) is 0.930. The van der Waals surface area contributed by atoms with Crippen molar-refractivity contribution in [3.8, 4) is 0 Å². The van der Waals surface area contributed by atoms with Gasteiger partial charge in [-0.3, -0.25) is 0 Å². The third-order valence-corrected chi connectivity index (χ3v) is 1.60. The zero-order valence-electron chi connectivity index (χ0n) is 9.85. The molecule has 0 bridgehead atoms. The summed E-state index contributed by atoms with van der Waals surface area (Å²) in [6, 6.07) is 0. The minimum absolute atomic E-state index is 0.125. The van der Waals surface area contributed by atoms with E-state index in [1.54, 1.807) is 0 Å². The Kier molecular flexibility index (Phi) is 15.8. The second-order valence-corrected chi connectivity index (χ2v) is 3.24. The minimum Gasteiger partial charge on any atom is -0.394 e. The van der Waals surface area contributed by atoms with E-state index in [1.807, 2.05) is 0 Å². The number of aliphatic hydroxyl groups is 2. The van der Waals surface area contributed by atoms with Crippen LogP contribution in [0.5, 0.6) is 0 Å². The lowest BCUT2D eigenvalue weighted by Gasteiger charge is -2.17. The van der Waals surface area contributed by atoms with E-state index in [9.17, 15) is 0 Å². The summed E-state index contributed by atoms with van der Waals surface area (Å²) in [6.45, 7) is 3.91. The average molecular weight is 222 g/mol. The van der Waals surface area contributed by atoms with E-state index in [4.69, 9.17) is 26.4 Å². The molecular formula is C10H26N2O3. The van der Waals surface area contributed by atoms with Crippen molar-refractivity contribution in [1.82, 2.24) is 0 Å². The predicted octanol–water partition coefficient (Wildman–Crippen LogP) is 0.144. The molecule has 6 N–H and O–H groups in total. The molecule has 5 heteroatoms. The first-order valence-electron chi connectivity index (χ1n) is 5.50. The molecule has 0 saturated heterocycles. The fraction of sp³-hybridized carbons (Fsp3) is 1.00. The van der Waals surface area contributed by atoms with Crippen LogP contribution in [0.1, 0.15) is 39.5 Å². The largest absolute Gasteiger partial charge is 0.394 e. The smallest absolute Gasteiger partial charge is 0.107 e. The summed E-state index contributed by atoms with van der Waals surface area (Å²) < 4.78 is 5.29. The topological polar surface area (TPSA) is 102 Å². The quantitative estimate of drug-likeness (QED) is 0.459. The van der Waals surface area contributed by atoms with Gasteiger partial charge in [-0.1, -0.05) is 26.7 Å². The Morgan fingerprint density at radius 3 is 1.47 bits per heavy atom. The van der Waals surface area contributed by atoms with Gasteiger partial charge in [-0.25, -0.2) is 0 Å². The lowest BCUT2D eigenvalue weighted by molar-refractivity contribution is -0.0139. The number of hydrogen-bond donors (Lipinski definition) is 4. The Morgan fingerprint density at radius 2 is 1.27 bits per heavy atom. The molecule has 0 aromatic rings. The molecule has 94 valence electrons. The first kappa shape index (κ1) is 17.2. The van der Waals surface area contributed by atoms with E-state index >= 15 is 0 Å². The Morgan fingerprint density at radius 1 is 0.933 bits per heavy atom. The van der Waals surface area contributed by atoms with Crippen molar-refractivity contribution in [3.63, 3.8) is 0 Å². The van der Waals surface area contributed by atoms with E-state index < -0.39 is 0 Å². The molecule has 0 fully saturated rings. The molecule has 0 radical (unpaired) electrons. The molecule has 0 aliphatic carbocycles. The summed E-state index contributed by atoms with van der Waals surface area (Å²) in [6.07, 6.45) is 3.50. The molecule has 0 saturated carbocycles. The third kappa shape index (κ3) is 16.5. The highest BCUT2D eigenvalue weighted by molar-refractivity contribution is 4.51. The van der Waals surface area contributed by atoms with E-state index in [2.05, 4.69) is 13.8 Å². The summed E-state index contributed by atoms with van der Waals surface area (Å²) in [5, 5.41) is 15.2. The van der Waals surface area contributed by atoms with Crippen LogP contribution in [0.15, 0.2) is 0 Å². The minimum atomic E-state index is -0.179. The number of nitrogens with two attached hydrogens (primary N) is 2. The van der Waals surface area contributed by atoms with Gasteiger partial charge in [-0.2, -0.15) is 0 Å². The van der Waals surface area contributed by atoms with E-state index in [0.29, 0.717) is 0 Å². The van der Waals surface area contributed by atoms with Crippen molar-refractivity contribution in [2.45, 2.75) is 52.0 Å². The Hall–Kier alpha value is -0.200. The highest BCUT2D eigenvalue weighted by Crippen LogP contribution is 2.01. The van der Waals surface area contributed by atoms with Gasteiger partial charge in [0, 0.05) is 0 Å². The first-order valence-corrected chi connectivity index (χ1v) is 5.50. The van der Waals surface area contributed by atoms with Gasteiger partial charge in [-0.05, 0) is 12.8 Å². The van der Waals surface area contributed by atoms with Crippen LogP contribution >= 0.6 is 0 Å². The Labute approximate surface area is 92.4 Å². The van der Waals surface area contributed by atoms with Crippen molar-refractivity contribution in [2.75, 3.05) is 13.2 Å². The molecule has 0 aliphatic rings. The van der Waals surface area contributed by atoms with Crippen LogP contribution in [0.2, 0.25) is 0 Å². The fourth-order valence-corrected chi connectivity index (χ4v) is 0.930. The second kappa shape index (κ2) is 13.8. The second-order valence-electron chi connectivity index (χ2n) is 3.24. The van der Waals surface area contributed by atoms with Crippen LogP contribution in [0.25, 0.3) is 0 Å². The zero-order chi connectivity index (χ0) is 12.1. The van der Waals surface area contributed by atoms with Crippen LogP contribution in [0.4, 0.5) is 0 Å². The van der Waals surface area contributed by atoms with Gasteiger partial charge in [0.2, 0.25) is 0 Å². The molecule has 15 heavy (non-hydrogen) atoms. The number of aliphatic hydroxyl groups excluding tert-OH is 2. The summed E-state index contributed by atoms with van der Waals surface area (Å²) in [5.41, 5.74) is 11.2. The normalized spacial score (nSPS) is 14.0. The molecule has 0 amide bonds. The van der Waals surface area contributed by atoms with Crippen molar-refractivity contribution in [3.05, 3.63) is 0 Å². The highest BCUT2D eigenvalue weighted by Gasteiger charge is 2.06. The lowest BCUT2D eigenvalue weighted by Crippen LogP contribution is -2.34. The van der Waals surface area contributed by atoms with Gasteiger partial charge in [0.05, 0.1) is 13.2 Å². The molecule has 0 aliphatic heterocycles. The van der Waals surface area contributed by atoms with Crippen LogP contribution in [0.3, 0.4) is 0 Å². The van der Waals surface area contributed by atoms with Gasteiger partial charge < -0.3 is 26.4 Å². The molecule has 0 aromatic heterocycles. The molecular weight excluding hydrogens is 196 g/mol. The van der Waals surface area contributed by atoms with Gasteiger partial charge in [0.25, 0.3) is 0 Å². The number of ether oxygens (including phenoxy) is 1. The molecule has 2 unspecified atom stereocenters. The number of rotatable bonds is 7. The summed E-state index contributed by atoms with van der Waals surface area (Å²) in [5.74, 6) is 0. The molecule has 0 rings (SSSR count). The molecule has 2 atom stereocenters. The maximum absolute atomic E-state index is 7.62. The van der Waals surface area contributed by atoms with Gasteiger partial charge in [0.1, 0.15) is 12.5 Å². The van der Waals surface area contributed by atoms with Crippen molar-refractivity contribution >= 4 is 0 Å². The van der Waals surface area contributed by atoms with Crippen LogP contribution in [-0.4, -0.2) is 35.9 Å². The molecule has 0 heterocycles. The Bertz CT molecular complexity index is 103. The number of hydrogen-bond acceptors (Lipinski definition) is 5. The third-order valence-electron chi connectivity index (χ3n) is 1.60. The van der Waals surface area contributed by atoms with E-state index in [0.717, 1.165) is 25.7 Å². The first-order chi connectivity index (χ1) is 7.12. The summed E-state index contributed by atoms with van der Waals surface area (Å²) in [7, 11) is 0. The summed E-state index contributed by atoms with van der Waals surface area (Å²) in [4.78, 5) is 0. The maximum Gasteiger partial charge on any atom is 0.107 e. The molecule has 0 aromatic carbocycles. The van der Waals surface area contributed by atoms with Gasteiger partial charge in [-0.15, -0.1) is 0 Å². The zero-order valence-corrected chi connectivity index (χ0v) is 9.85. The van der Waals surface area contributed by atoms with Gasteiger partial charge in [0.15, 0.2) is 0 Å². The van der Waals surface area contributed by atoms with Crippen molar-refractivity contribution < 1.29 is 14.9 Å². The average Bonchev–Trinajstić information content (AvgIpc) is 2.18. The van der Waals surface area contributed by atoms with Crippen LogP contribution in [0, 0.1) is 0 Å². The van der Waals surface area contributed by atoms with Crippen LogP contribution < -0.4 is 11.5 Å². The molecule has 5 nitrogen and oxygen atoms in total. The van der Waals surface area contributed by atoms with E-state index in [1.165, 1.54) is 0 Å². The standard InChI is InChI=1S/C8H20N2O.C2H6O2/c1-3-5-7(9)11-8(10)6-4-2;3-1-2-4/h7-8H,3-6,9-10H2,1-2H3;3-4H,1-2H2. The highest BCUT2D eigenvalue weighted by atomic mass is 16.5. The Balaban J connectivity index is 0. The lowest BCUT2D eigenvalue weighted by atomic mass is 10.3. The van der Waals surface area contributed by atoms with Crippen molar-refractivity contribution in [1.29, 1.82) is 0 Å². The summed E-state index contributed by atoms with van der Waals surface area (Å²) >= 11 is 0. The van der Waals surface area contributed by atoms with Gasteiger partial charge >= 0.3 is 0 Å². The SMILES string of the molecule is CCCC(N)OC(N)CCC.OCCO. The maximum atomic E-state index is 7.62. The monoisotopic (exact) mass is 222 g/mol.